The Morgan fingerprint density at radius 2 is 2.11 bits per heavy atom. The molecule has 2 amide bonds. The van der Waals surface area contributed by atoms with E-state index in [1.54, 1.807) is 0 Å². The van der Waals surface area contributed by atoms with E-state index in [0.717, 1.165) is 11.3 Å². The summed E-state index contributed by atoms with van der Waals surface area (Å²) < 4.78 is 34.5. The molecule has 1 saturated heterocycles. The predicted molar refractivity (Wildman–Crippen MR) is 95.5 cm³/mol. The summed E-state index contributed by atoms with van der Waals surface area (Å²) in [6.07, 6.45) is 0.454. The third kappa shape index (κ3) is 5.00. The maximum atomic E-state index is 12.2. The van der Waals surface area contributed by atoms with E-state index in [0.29, 0.717) is 23.6 Å². The van der Waals surface area contributed by atoms with Gasteiger partial charge in [-0.15, -0.1) is 11.8 Å². The van der Waals surface area contributed by atoms with Crippen LogP contribution in [0.5, 0.6) is 0 Å². The molecule has 0 aliphatic carbocycles. The van der Waals surface area contributed by atoms with Crippen molar-refractivity contribution in [3.05, 3.63) is 10.6 Å². The van der Waals surface area contributed by atoms with Crippen molar-refractivity contribution >= 4 is 39.9 Å². The van der Waals surface area contributed by atoms with E-state index in [9.17, 15) is 27.9 Å². The molecule has 2 heterocycles. The van der Waals surface area contributed by atoms with Gasteiger partial charge in [0.1, 0.15) is 5.70 Å². The molecule has 2 aliphatic heterocycles. The number of nitrogens with one attached hydrogen (secondary N) is 1. The summed E-state index contributed by atoms with van der Waals surface area (Å²) in [4.78, 5) is 37.4. The van der Waals surface area contributed by atoms with Crippen LogP contribution in [0.2, 0.25) is 0 Å². The Balaban J connectivity index is 2.10. The number of hydrogen-bond acceptors (Lipinski definition) is 8. The highest BCUT2D eigenvalue weighted by Crippen LogP contribution is 2.47. The quantitative estimate of drug-likeness (QED) is 0.261. The van der Waals surface area contributed by atoms with Crippen LogP contribution in [-0.2, 0) is 29.0 Å². The van der Waals surface area contributed by atoms with Crippen LogP contribution in [0.15, 0.2) is 10.6 Å². The van der Waals surface area contributed by atoms with Crippen LogP contribution < -0.4 is 5.32 Å². The highest BCUT2D eigenvalue weighted by Gasteiger charge is 2.57. The molecule has 27 heavy (non-hydrogen) atoms. The van der Waals surface area contributed by atoms with Crippen molar-refractivity contribution in [1.82, 2.24) is 10.2 Å². The largest absolute Gasteiger partial charge is 0.449 e. The molecule has 152 valence electrons. The van der Waals surface area contributed by atoms with Crippen LogP contribution in [0, 0.1) is 5.92 Å². The molecule has 0 aromatic heterocycles. The molecule has 1 fully saturated rings. The van der Waals surface area contributed by atoms with Crippen molar-refractivity contribution in [3.8, 4) is 0 Å². The molecule has 0 aromatic carbocycles. The number of nitrogens with zero attached hydrogens (tertiary/aromatic N) is 1. The van der Waals surface area contributed by atoms with E-state index in [4.69, 9.17) is 4.55 Å². The third-order valence-electron chi connectivity index (χ3n) is 4.24. The Kier molecular flexibility index (Phi) is 6.89. The zero-order chi connectivity index (χ0) is 20.4. The summed E-state index contributed by atoms with van der Waals surface area (Å²) in [5.74, 6) is -2.26. The van der Waals surface area contributed by atoms with Crippen LogP contribution in [0.4, 0.5) is 0 Å². The molecule has 10 nitrogen and oxygen atoms in total. The number of carbonyl (C=O) groups is 3. The molecule has 12 heteroatoms. The lowest BCUT2D eigenvalue weighted by Crippen LogP contribution is -2.61. The fourth-order valence-corrected chi connectivity index (χ4v) is 4.49. The summed E-state index contributed by atoms with van der Waals surface area (Å²) >= 11 is 1.18. The number of amides is 2. The smallest absolute Gasteiger partial charge is 0.393 e. The minimum atomic E-state index is -5.03. The number of hydrogen-bond donors (Lipinski definition) is 3. The van der Waals surface area contributed by atoms with Gasteiger partial charge in [-0.2, -0.15) is 8.42 Å². The second kappa shape index (κ2) is 8.59. The van der Waals surface area contributed by atoms with Gasteiger partial charge in [-0.05, 0) is 13.3 Å². The molecule has 0 unspecified atom stereocenters. The summed E-state index contributed by atoms with van der Waals surface area (Å²) in [7, 11) is -5.03. The number of rotatable bonds is 9. The Morgan fingerprint density at radius 3 is 2.67 bits per heavy atom. The van der Waals surface area contributed by atoms with Crippen molar-refractivity contribution in [2.45, 2.75) is 45.3 Å². The number of β-lactam (4-membered cyclic amide) rings is 1. The van der Waals surface area contributed by atoms with E-state index < -0.39 is 40.3 Å². The van der Waals surface area contributed by atoms with Crippen LogP contribution in [-0.4, -0.2) is 65.2 Å². The Bertz CT molecular complexity index is 762. The highest BCUT2D eigenvalue weighted by molar-refractivity contribution is 8.03. The fourth-order valence-electron chi connectivity index (χ4n) is 3.16. The Labute approximate surface area is 161 Å². The Morgan fingerprint density at radius 1 is 1.44 bits per heavy atom. The first-order valence-electron chi connectivity index (χ1n) is 8.41. The molecule has 2 aliphatic rings. The van der Waals surface area contributed by atoms with Gasteiger partial charge in [0, 0.05) is 30.0 Å². The maximum absolute atomic E-state index is 12.2. The molecule has 0 bridgehead atoms. The van der Waals surface area contributed by atoms with E-state index in [1.165, 1.54) is 18.7 Å². The first kappa shape index (κ1) is 21.7. The van der Waals surface area contributed by atoms with Crippen LogP contribution in [0.25, 0.3) is 0 Å². The SMILES string of the molecule is CCCC(=O)NCCSC1=C(C(=O)OS(=O)(=O)O)N2C(=O)[C@H]([C@@H](C)O)[C@H]2C1. The molecule has 0 spiro atoms. The molecular formula is C15H22N2O8S2. The molecular weight excluding hydrogens is 400 g/mol. The van der Waals surface area contributed by atoms with Gasteiger partial charge in [0.2, 0.25) is 11.8 Å². The molecule has 2 rings (SSSR count). The average Bonchev–Trinajstić information content (AvgIpc) is 2.84. The van der Waals surface area contributed by atoms with Gasteiger partial charge in [-0.1, -0.05) is 6.92 Å². The van der Waals surface area contributed by atoms with Crippen molar-refractivity contribution < 1.29 is 36.6 Å². The standard InChI is InChI=1S/C15H22N2O8S2/c1-3-4-11(19)16-5-6-26-10-7-9-12(8(2)18)14(20)17(9)13(10)15(21)25-27(22,23)24/h8-9,12,18H,3-7H2,1-2H3,(H,16,19)(H,22,23,24)/t8-,9-,12-/m1/s1. The molecule has 3 N–H and O–H groups in total. The maximum Gasteiger partial charge on any atom is 0.449 e. The zero-order valence-corrected chi connectivity index (χ0v) is 16.5. The average molecular weight is 422 g/mol. The lowest BCUT2D eigenvalue weighted by Gasteiger charge is -2.44. The number of aliphatic hydroxyl groups excluding tert-OH is 1. The van der Waals surface area contributed by atoms with E-state index in [-0.39, 0.29) is 18.0 Å². The lowest BCUT2D eigenvalue weighted by molar-refractivity contribution is -0.160. The zero-order valence-electron chi connectivity index (χ0n) is 14.9. The van der Waals surface area contributed by atoms with Gasteiger partial charge in [-0.3, -0.25) is 14.1 Å². The van der Waals surface area contributed by atoms with Crippen molar-refractivity contribution in [3.63, 3.8) is 0 Å². The van der Waals surface area contributed by atoms with E-state index >= 15 is 0 Å². The lowest BCUT2D eigenvalue weighted by atomic mass is 9.83. The van der Waals surface area contributed by atoms with Gasteiger partial charge >= 0.3 is 16.4 Å². The Hall–Kier alpha value is -1.63. The molecule has 0 saturated carbocycles. The van der Waals surface area contributed by atoms with Gasteiger partial charge in [-0.25, -0.2) is 4.79 Å². The van der Waals surface area contributed by atoms with Crippen molar-refractivity contribution in [2.24, 2.45) is 5.92 Å². The summed E-state index contributed by atoms with van der Waals surface area (Å²) in [6.45, 7) is 3.67. The van der Waals surface area contributed by atoms with Gasteiger partial charge in [0.15, 0.2) is 0 Å². The topological polar surface area (TPSA) is 150 Å². The van der Waals surface area contributed by atoms with Gasteiger partial charge < -0.3 is 19.5 Å². The normalized spacial score (nSPS) is 23.0. The number of fused-ring (bicyclic) bond motifs is 1. The van der Waals surface area contributed by atoms with Crippen LogP contribution in [0.3, 0.4) is 0 Å². The summed E-state index contributed by atoms with van der Waals surface area (Å²) in [5, 5.41) is 12.4. The van der Waals surface area contributed by atoms with E-state index in [1.807, 2.05) is 6.92 Å². The monoisotopic (exact) mass is 422 g/mol. The third-order valence-corrected chi connectivity index (χ3v) is 5.72. The van der Waals surface area contributed by atoms with Crippen molar-refractivity contribution in [1.29, 1.82) is 0 Å². The van der Waals surface area contributed by atoms with E-state index in [2.05, 4.69) is 9.50 Å². The number of aliphatic hydroxyl groups is 1. The van der Waals surface area contributed by atoms with Crippen molar-refractivity contribution in [2.75, 3.05) is 12.3 Å². The summed E-state index contributed by atoms with van der Waals surface area (Å²) in [6, 6.07) is -0.473. The number of carbonyl (C=O) groups excluding carboxylic acids is 3. The predicted octanol–water partition coefficient (Wildman–Crippen LogP) is -0.195. The minimum Gasteiger partial charge on any atom is -0.393 e. The first-order valence-corrected chi connectivity index (χ1v) is 10.8. The van der Waals surface area contributed by atoms with Crippen LogP contribution in [0.1, 0.15) is 33.1 Å². The molecule has 3 atom stereocenters. The molecule has 0 aromatic rings. The van der Waals surface area contributed by atoms with Crippen LogP contribution >= 0.6 is 11.8 Å². The second-order valence-electron chi connectivity index (χ2n) is 6.26. The second-order valence-corrected chi connectivity index (χ2v) is 8.48. The summed E-state index contributed by atoms with van der Waals surface area (Å²) in [5.41, 5.74) is -0.246. The molecule has 0 radical (unpaired) electrons. The first-order chi connectivity index (χ1) is 12.6. The highest BCUT2D eigenvalue weighted by atomic mass is 32.3. The van der Waals surface area contributed by atoms with Gasteiger partial charge in [0.25, 0.3) is 0 Å². The van der Waals surface area contributed by atoms with Gasteiger partial charge in [0.05, 0.1) is 18.1 Å². The number of thioether (sulfide) groups is 1. The fraction of sp³-hybridized carbons (Fsp3) is 0.667. The minimum absolute atomic E-state index is 0.0994.